The number of nitro groups is 1. The molecule has 27 heavy (non-hydrogen) atoms. The number of benzene rings is 2. The third kappa shape index (κ3) is 3.57. The van der Waals surface area contributed by atoms with E-state index in [1.54, 1.807) is 6.07 Å². The molecule has 136 valence electrons. The van der Waals surface area contributed by atoms with Gasteiger partial charge in [0.25, 0.3) is 11.6 Å². The highest BCUT2D eigenvalue weighted by molar-refractivity contribution is 14.1. The van der Waals surface area contributed by atoms with Crippen molar-refractivity contribution in [3.05, 3.63) is 61.0 Å². The molecule has 4 rings (SSSR count). The van der Waals surface area contributed by atoms with Crippen LogP contribution in [0.1, 0.15) is 10.4 Å². The van der Waals surface area contributed by atoms with Crippen LogP contribution in [0.5, 0.6) is 11.5 Å². The lowest BCUT2D eigenvalue weighted by Crippen LogP contribution is -2.13. The number of carbonyl (C=O) groups excluding carboxylic acids is 1. The number of non-ortho nitro benzene ring substituents is 1. The number of nitrogens with one attached hydrogen (secondary N) is 1. The molecule has 1 amide bonds. The van der Waals surface area contributed by atoms with Gasteiger partial charge in [-0.05, 0) is 46.9 Å². The molecule has 0 fully saturated rings. The Morgan fingerprint density at radius 1 is 1.22 bits per heavy atom. The number of rotatable bonds is 4. The Morgan fingerprint density at radius 2 is 2.04 bits per heavy atom. The predicted octanol–water partition coefficient (Wildman–Crippen LogP) is 4.30. The number of nitro benzene ring substituents is 1. The summed E-state index contributed by atoms with van der Waals surface area (Å²) in [6.45, 7) is 0.193. The average Bonchev–Trinajstić information content (AvgIpc) is 3.30. The first-order chi connectivity index (χ1) is 13.0. The molecule has 0 saturated heterocycles. The van der Waals surface area contributed by atoms with Crippen LogP contribution in [-0.4, -0.2) is 22.6 Å². The average molecular weight is 495 g/mol. The highest BCUT2D eigenvalue weighted by atomic mass is 127. The van der Waals surface area contributed by atoms with Crippen LogP contribution in [0.25, 0.3) is 11.3 Å². The molecule has 1 aromatic heterocycles. The zero-order chi connectivity index (χ0) is 19.0. The number of ether oxygens (including phenoxy) is 2. The van der Waals surface area contributed by atoms with Gasteiger partial charge in [-0.25, -0.2) is 4.98 Å². The SMILES string of the molecule is O=C(Nc1nc(-c2ccc3c(c2)OCO3)cs1)c1cc([N+](=O)[O-])ccc1I. The van der Waals surface area contributed by atoms with E-state index in [1.807, 2.05) is 40.1 Å². The molecule has 0 radical (unpaired) electrons. The summed E-state index contributed by atoms with van der Waals surface area (Å²) in [4.78, 5) is 27.3. The maximum Gasteiger partial charge on any atom is 0.270 e. The third-order valence-electron chi connectivity index (χ3n) is 3.80. The second-order valence-electron chi connectivity index (χ2n) is 5.48. The van der Waals surface area contributed by atoms with Crippen molar-refractivity contribution < 1.29 is 19.2 Å². The van der Waals surface area contributed by atoms with Crippen molar-refractivity contribution in [1.29, 1.82) is 0 Å². The van der Waals surface area contributed by atoms with Crippen LogP contribution in [0, 0.1) is 13.7 Å². The minimum Gasteiger partial charge on any atom is -0.454 e. The van der Waals surface area contributed by atoms with Gasteiger partial charge in [0, 0.05) is 26.6 Å². The molecule has 10 heteroatoms. The number of halogens is 1. The molecule has 2 aromatic carbocycles. The molecule has 0 atom stereocenters. The lowest BCUT2D eigenvalue weighted by atomic mass is 10.1. The van der Waals surface area contributed by atoms with E-state index >= 15 is 0 Å². The van der Waals surface area contributed by atoms with Crippen LogP contribution in [0.2, 0.25) is 0 Å². The Bertz CT molecular complexity index is 1070. The number of hydrogen-bond donors (Lipinski definition) is 1. The van der Waals surface area contributed by atoms with Gasteiger partial charge < -0.3 is 9.47 Å². The number of nitrogens with zero attached hydrogens (tertiary/aromatic N) is 2. The van der Waals surface area contributed by atoms with Gasteiger partial charge in [-0.15, -0.1) is 11.3 Å². The minimum atomic E-state index is -0.534. The van der Waals surface area contributed by atoms with Crippen molar-refractivity contribution in [2.45, 2.75) is 0 Å². The van der Waals surface area contributed by atoms with E-state index in [9.17, 15) is 14.9 Å². The molecular formula is C17H10IN3O5S. The number of anilines is 1. The summed E-state index contributed by atoms with van der Waals surface area (Å²) in [5.74, 6) is 0.884. The zero-order valence-corrected chi connectivity index (χ0v) is 16.4. The topological polar surface area (TPSA) is 104 Å². The molecular weight excluding hydrogens is 485 g/mol. The molecule has 1 aliphatic heterocycles. The van der Waals surface area contributed by atoms with Crippen LogP contribution in [0.3, 0.4) is 0 Å². The summed E-state index contributed by atoms with van der Waals surface area (Å²) in [6.07, 6.45) is 0. The Hall–Kier alpha value is -2.73. The summed E-state index contributed by atoms with van der Waals surface area (Å²) in [5.41, 5.74) is 1.61. The standard InChI is InChI=1S/C17H10IN3O5S/c18-12-3-2-10(21(23)24)6-11(12)16(22)20-17-19-13(7-27-17)9-1-4-14-15(5-9)26-8-25-14/h1-7H,8H2,(H,19,20,22). The second kappa shape index (κ2) is 7.12. The fourth-order valence-corrected chi connectivity index (χ4v) is 3.78. The van der Waals surface area contributed by atoms with E-state index < -0.39 is 10.8 Å². The van der Waals surface area contributed by atoms with Crippen LogP contribution >= 0.6 is 33.9 Å². The maximum atomic E-state index is 12.5. The minimum absolute atomic E-state index is 0.138. The number of hydrogen-bond acceptors (Lipinski definition) is 7. The number of carbonyl (C=O) groups is 1. The van der Waals surface area contributed by atoms with Gasteiger partial charge >= 0.3 is 0 Å². The molecule has 0 aliphatic carbocycles. The molecule has 3 aromatic rings. The molecule has 0 bridgehead atoms. The summed E-state index contributed by atoms with van der Waals surface area (Å²) in [7, 11) is 0. The Labute approximate surface area is 170 Å². The summed E-state index contributed by atoms with van der Waals surface area (Å²) >= 11 is 3.23. The van der Waals surface area contributed by atoms with Gasteiger partial charge in [0.1, 0.15) is 0 Å². The molecule has 0 spiro atoms. The maximum absolute atomic E-state index is 12.5. The van der Waals surface area contributed by atoms with Gasteiger partial charge in [-0.3, -0.25) is 20.2 Å². The van der Waals surface area contributed by atoms with E-state index in [4.69, 9.17) is 9.47 Å². The Morgan fingerprint density at radius 3 is 2.85 bits per heavy atom. The third-order valence-corrected chi connectivity index (χ3v) is 5.50. The predicted molar refractivity (Wildman–Crippen MR) is 107 cm³/mol. The lowest BCUT2D eigenvalue weighted by Gasteiger charge is -2.04. The first-order valence-corrected chi connectivity index (χ1v) is 9.58. The summed E-state index contributed by atoms with van der Waals surface area (Å²) in [5, 5.41) is 15.8. The van der Waals surface area contributed by atoms with Gasteiger partial charge in [-0.1, -0.05) is 0 Å². The molecule has 8 nitrogen and oxygen atoms in total. The largest absolute Gasteiger partial charge is 0.454 e. The van der Waals surface area contributed by atoms with Crippen molar-refractivity contribution in [3.8, 4) is 22.8 Å². The van der Waals surface area contributed by atoms with Gasteiger partial charge in [0.15, 0.2) is 16.6 Å². The molecule has 2 heterocycles. The van der Waals surface area contributed by atoms with E-state index in [-0.39, 0.29) is 18.0 Å². The number of amides is 1. The van der Waals surface area contributed by atoms with Gasteiger partial charge in [-0.2, -0.15) is 0 Å². The fourth-order valence-electron chi connectivity index (χ4n) is 2.48. The van der Waals surface area contributed by atoms with Gasteiger partial charge in [0.05, 0.1) is 16.2 Å². The van der Waals surface area contributed by atoms with E-state index in [2.05, 4.69) is 10.3 Å². The molecule has 0 saturated carbocycles. The van der Waals surface area contributed by atoms with Crippen LogP contribution < -0.4 is 14.8 Å². The molecule has 1 N–H and O–H groups in total. The monoisotopic (exact) mass is 495 g/mol. The number of thiazole rings is 1. The second-order valence-corrected chi connectivity index (χ2v) is 7.50. The van der Waals surface area contributed by atoms with Crippen LogP contribution in [0.15, 0.2) is 41.8 Å². The normalized spacial score (nSPS) is 12.0. The number of aromatic nitrogens is 1. The lowest BCUT2D eigenvalue weighted by molar-refractivity contribution is -0.384. The van der Waals surface area contributed by atoms with Crippen molar-refractivity contribution in [2.75, 3.05) is 12.1 Å². The zero-order valence-electron chi connectivity index (χ0n) is 13.5. The summed E-state index contributed by atoms with van der Waals surface area (Å²) in [6, 6.07) is 9.64. The van der Waals surface area contributed by atoms with E-state index in [1.165, 1.54) is 29.5 Å². The molecule has 1 aliphatic rings. The Kier molecular flexibility index (Phi) is 4.66. The van der Waals surface area contributed by atoms with Crippen molar-refractivity contribution in [3.63, 3.8) is 0 Å². The van der Waals surface area contributed by atoms with Crippen LogP contribution in [0.4, 0.5) is 10.8 Å². The number of fused-ring (bicyclic) bond motifs is 1. The smallest absolute Gasteiger partial charge is 0.270 e. The highest BCUT2D eigenvalue weighted by Crippen LogP contribution is 2.36. The van der Waals surface area contributed by atoms with Crippen molar-refractivity contribution in [1.82, 2.24) is 4.98 Å². The quantitative estimate of drug-likeness (QED) is 0.329. The highest BCUT2D eigenvalue weighted by Gasteiger charge is 2.18. The van der Waals surface area contributed by atoms with Crippen molar-refractivity contribution >= 4 is 50.7 Å². The fraction of sp³-hybridized carbons (Fsp3) is 0.0588. The molecule has 0 unspecified atom stereocenters. The first-order valence-electron chi connectivity index (χ1n) is 7.62. The van der Waals surface area contributed by atoms with Gasteiger partial charge in [0.2, 0.25) is 6.79 Å². The van der Waals surface area contributed by atoms with Crippen LogP contribution in [-0.2, 0) is 0 Å². The van der Waals surface area contributed by atoms with E-state index in [0.29, 0.717) is 25.9 Å². The Balaban J connectivity index is 1.55. The van der Waals surface area contributed by atoms with E-state index in [0.717, 1.165) is 5.56 Å². The summed E-state index contributed by atoms with van der Waals surface area (Å²) < 4.78 is 11.3. The van der Waals surface area contributed by atoms with Crippen molar-refractivity contribution in [2.24, 2.45) is 0 Å². The first kappa shape index (κ1) is 17.7.